The monoisotopic (exact) mass is 243 g/mol. The summed E-state index contributed by atoms with van der Waals surface area (Å²) in [6.45, 7) is 1.40. The number of rotatable bonds is 5. The van der Waals surface area contributed by atoms with Gasteiger partial charge in [0.05, 0.1) is 0 Å². The van der Waals surface area contributed by atoms with Crippen molar-refractivity contribution in [3.05, 3.63) is 42.2 Å². The Bertz CT molecular complexity index is 534. The molecule has 0 bridgehead atoms. The van der Waals surface area contributed by atoms with Gasteiger partial charge in [-0.1, -0.05) is 24.3 Å². The molecule has 1 heterocycles. The first-order chi connectivity index (χ1) is 8.81. The number of amides is 1. The van der Waals surface area contributed by atoms with Crippen LogP contribution < -0.4 is 10.6 Å². The van der Waals surface area contributed by atoms with Crippen LogP contribution in [0.1, 0.15) is 12.0 Å². The third-order valence-corrected chi connectivity index (χ3v) is 2.87. The fraction of sp³-hybridized carbons (Fsp3) is 0.286. The number of hydrogen-bond acceptors (Lipinski definition) is 3. The van der Waals surface area contributed by atoms with Crippen LogP contribution in [0.25, 0.3) is 10.8 Å². The Morgan fingerprint density at radius 2 is 2.11 bits per heavy atom. The van der Waals surface area contributed by atoms with Crippen molar-refractivity contribution < 1.29 is 4.79 Å². The third-order valence-electron chi connectivity index (χ3n) is 2.87. The smallest absolute Gasteiger partial charge is 0.221 e. The molecule has 0 unspecified atom stereocenters. The minimum absolute atomic E-state index is 0.0542. The van der Waals surface area contributed by atoms with Gasteiger partial charge in [-0.2, -0.15) is 0 Å². The van der Waals surface area contributed by atoms with E-state index in [1.54, 1.807) is 7.05 Å². The van der Waals surface area contributed by atoms with E-state index in [4.69, 9.17) is 0 Å². The van der Waals surface area contributed by atoms with Crippen molar-refractivity contribution in [2.24, 2.45) is 0 Å². The number of nitrogens with one attached hydrogen (secondary N) is 2. The fourth-order valence-corrected chi connectivity index (χ4v) is 1.87. The molecular formula is C14H17N3O. The number of hydrogen-bond donors (Lipinski definition) is 2. The highest BCUT2D eigenvalue weighted by Gasteiger charge is 2.01. The van der Waals surface area contributed by atoms with E-state index < -0.39 is 0 Å². The molecule has 2 N–H and O–H groups in total. The molecule has 0 saturated carbocycles. The van der Waals surface area contributed by atoms with Gasteiger partial charge in [0.25, 0.3) is 0 Å². The summed E-state index contributed by atoms with van der Waals surface area (Å²) in [4.78, 5) is 15.3. The first-order valence-electron chi connectivity index (χ1n) is 6.04. The zero-order valence-electron chi connectivity index (χ0n) is 10.4. The average Bonchev–Trinajstić information content (AvgIpc) is 2.43. The molecular weight excluding hydrogens is 226 g/mol. The van der Waals surface area contributed by atoms with Gasteiger partial charge in [-0.3, -0.25) is 9.78 Å². The number of carbonyl (C=O) groups is 1. The molecule has 0 aliphatic carbocycles. The van der Waals surface area contributed by atoms with Gasteiger partial charge in [-0.15, -0.1) is 0 Å². The molecule has 0 spiro atoms. The van der Waals surface area contributed by atoms with Crippen LogP contribution in [-0.4, -0.2) is 24.5 Å². The maximum Gasteiger partial charge on any atom is 0.221 e. The summed E-state index contributed by atoms with van der Waals surface area (Å²) in [7, 11) is 1.65. The zero-order chi connectivity index (χ0) is 12.8. The lowest BCUT2D eigenvalue weighted by Gasteiger charge is -2.07. The number of carbonyl (C=O) groups excluding carboxylic acids is 1. The SMILES string of the molecule is CNC(=O)CCNCc1cncc2ccccc12. The third kappa shape index (κ3) is 3.05. The van der Waals surface area contributed by atoms with E-state index in [1.165, 1.54) is 5.39 Å². The Kier molecular flexibility index (Phi) is 4.25. The first-order valence-corrected chi connectivity index (χ1v) is 6.04. The van der Waals surface area contributed by atoms with Crippen LogP contribution in [0.15, 0.2) is 36.7 Å². The molecule has 0 atom stereocenters. The maximum atomic E-state index is 11.1. The lowest BCUT2D eigenvalue weighted by Crippen LogP contribution is -2.24. The van der Waals surface area contributed by atoms with E-state index in [2.05, 4.69) is 27.8 Å². The van der Waals surface area contributed by atoms with E-state index in [1.807, 2.05) is 24.5 Å². The van der Waals surface area contributed by atoms with Gasteiger partial charge in [0.15, 0.2) is 0 Å². The van der Waals surface area contributed by atoms with Gasteiger partial charge >= 0.3 is 0 Å². The van der Waals surface area contributed by atoms with E-state index in [9.17, 15) is 4.79 Å². The van der Waals surface area contributed by atoms with Crippen molar-refractivity contribution in [3.8, 4) is 0 Å². The van der Waals surface area contributed by atoms with Crippen LogP contribution in [-0.2, 0) is 11.3 Å². The molecule has 0 aliphatic heterocycles. The highest BCUT2D eigenvalue weighted by atomic mass is 16.1. The molecule has 1 amide bonds. The maximum absolute atomic E-state index is 11.1. The minimum atomic E-state index is 0.0542. The Balaban J connectivity index is 1.97. The minimum Gasteiger partial charge on any atom is -0.359 e. The van der Waals surface area contributed by atoms with Crippen LogP contribution in [0, 0.1) is 0 Å². The van der Waals surface area contributed by atoms with Crippen molar-refractivity contribution in [2.45, 2.75) is 13.0 Å². The van der Waals surface area contributed by atoms with Crippen LogP contribution in [0.5, 0.6) is 0 Å². The zero-order valence-corrected chi connectivity index (χ0v) is 10.4. The number of fused-ring (bicyclic) bond motifs is 1. The van der Waals surface area contributed by atoms with Crippen molar-refractivity contribution in [3.63, 3.8) is 0 Å². The summed E-state index contributed by atoms with van der Waals surface area (Å²) in [5.74, 6) is 0.0542. The Hall–Kier alpha value is -1.94. The quantitative estimate of drug-likeness (QED) is 0.782. The summed E-state index contributed by atoms with van der Waals surface area (Å²) in [6.07, 6.45) is 4.23. The topological polar surface area (TPSA) is 54.0 Å². The number of pyridine rings is 1. The van der Waals surface area contributed by atoms with Crippen molar-refractivity contribution in [1.82, 2.24) is 15.6 Å². The number of benzene rings is 1. The first kappa shape index (κ1) is 12.5. The van der Waals surface area contributed by atoms with E-state index in [0.29, 0.717) is 13.0 Å². The summed E-state index contributed by atoms with van der Waals surface area (Å²) in [5, 5.41) is 8.21. The van der Waals surface area contributed by atoms with Crippen LogP contribution >= 0.6 is 0 Å². The number of aromatic nitrogens is 1. The Morgan fingerprint density at radius 1 is 1.28 bits per heavy atom. The molecule has 0 aliphatic rings. The molecule has 4 nitrogen and oxygen atoms in total. The highest BCUT2D eigenvalue weighted by molar-refractivity contribution is 5.84. The summed E-state index contributed by atoms with van der Waals surface area (Å²) in [5.41, 5.74) is 1.16. The molecule has 0 saturated heterocycles. The second-order valence-corrected chi connectivity index (χ2v) is 4.12. The molecule has 0 fully saturated rings. The molecule has 4 heteroatoms. The second-order valence-electron chi connectivity index (χ2n) is 4.12. The van der Waals surface area contributed by atoms with Gasteiger partial charge in [-0.25, -0.2) is 0 Å². The summed E-state index contributed by atoms with van der Waals surface area (Å²) in [6, 6.07) is 8.17. The molecule has 0 radical (unpaired) electrons. The molecule has 2 aromatic rings. The van der Waals surface area contributed by atoms with Crippen molar-refractivity contribution >= 4 is 16.7 Å². The van der Waals surface area contributed by atoms with Crippen LogP contribution in [0.4, 0.5) is 0 Å². The lowest BCUT2D eigenvalue weighted by molar-refractivity contribution is -0.120. The van der Waals surface area contributed by atoms with Gasteiger partial charge in [0, 0.05) is 44.3 Å². The van der Waals surface area contributed by atoms with Gasteiger partial charge in [0.2, 0.25) is 5.91 Å². The van der Waals surface area contributed by atoms with Crippen LogP contribution in [0.2, 0.25) is 0 Å². The normalized spacial score (nSPS) is 10.5. The predicted octanol–water partition coefficient (Wildman–Crippen LogP) is 1.46. The molecule has 94 valence electrons. The second kappa shape index (κ2) is 6.12. The van der Waals surface area contributed by atoms with E-state index >= 15 is 0 Å². The molecule has 2 rings (SSSR count). The largest absolute Gasteiger partial charge is 0.359 e. The summed E-state index contributed by atoms with van der Waals surface area (Å²) < 4.78 is 0. The standard InChI is InChI=1S/C14H17N3O/c1-15-14(18)6-7-16-9-12-10-17-8-11-4-2-3-5-13(11)12/h2-5,8,10,16H,6-7,9H2,1H3,(H,15,18). The summed E-state index contributed by atoms with van der Waals surface area (Å²) >= 11 is 0. The molecule has 1 aromatic heterocycles. The highest BCUT2D eigenvalue weighted by Crippen LogP contribution is 2.16. The Labute approximate surface area is 106 Å². The lowest BCUT2D eigenvalue weighted by atomic mass is 10.1. The van der Waals surface area contributed by atoms with Gasteiger partial charge in [-0.05, 0) is 10.9 Å². The van der Waals surface area contributed by atoms with Gasteiger partial charge < -0.3 is 10.6 Å². The van der Waals surface area contributed by atoms with Crippen molar-refractivity contribution in [1.29, 1.82) is 0 Å². The van der Waals surface area contributed by atoms with E-state index in [-0.39, 0.29) is 5.91 Å². The molecule has 18 heavy (non-hydrogen) atoms. The average molecular weight is 243 g/mol. The Morgan fingerprint density at radius 3 is 2.94 bits per heavy atom. The predicted molar refractivity (Wildman–Crippen MR) is 72.1 cm³/mol. The van der Waals surface area contributed by atoms with Crippen LogP contribution in [0.3, 0.4) is 0 Å². The molecule has 1 aromatic carbocycles. The fourth-order valence-electron chi connectivity index (χ4n) is 1.87. The van der Waals surface area contributed by atoms with Gasteiger partial charge in [0.1, 0.15) is 0 Å². The van der Waals surface area contributed by atoms with Crippen molar-refractivity contribution in [2.75, 3.05) is 13.6 Å². The van der Waals surface area contributed by atoms with E-state index in [0.717, 1.165) is 17.5 Å². The number of nitrogens with zero attached hydrogens (tertiary/aromatic N) is 1.